The van der Waals surface area contributed by atoms with Crippen LogP contribution in [0.25, 0.3) is 0 Å². The summed E-state index contributed by atoms with van der Waals surface area (Å²) in [6.45, 7) is 1.38. The molecule has 15 heavy (non-hydrogen) atoms. The van der Waals surface area contributed by atoms with Gasteiger partial charge in [0.1, 0.15) is 0 Å². The van der Waals surface area contributed by atoms with Crippen molar-refractivity contribution in [1.29, 1.82) is 0 Å². The third-order valence-corrected chi connectivity index (χ3v) is 2.69. The van der Waals surface area contributed by atoms with Crippen molar-refractivity contribution < 1.29 is 14.3 Å². The fraction of sp³-hybridized carbons (Fsp3) is 0.200. The molecule has 0 spiro atoms. The van der Waals surface area contributed by atoms with Gasteiger partial charge in [-0.15, -0.1) is 0 Å². The number of primary amides is 1. The highest BCUT2D eigenvalue weighted by Gasteiger charge is 2.12. The molecule has 0 bridgehead atoms. The number of carbonyl (C=O) groups is 2. The fourth-order valence-corrected chi connectivity index (χ4v) is 1.41. The van der Waals surface area contributed by atoms with Gasteiger partial charge in [-0.05, 0) is 24.6 Å². The highest BCUT2D eigenvalue weighted by Crippen LogP contribution is 2.19. The molecule has 0 aliphatic heterocycles. The van der Waals surface area contributed by atoms with E-state index in [2.05, 4.69) is 15.9 Å². The van der Waals surface area contributed by atoms with Crippen LogP contribution in [0.15, 0.2) is 22.7 Å². The number of benzene rings is 1. The number of esters is 1. The minimum absolute atomic E-state index is 0.398. The van der Waals surface area contributed by atoms with Crippen molar-refractivity contribution in [2.75, 3.05) is 6.61 Å². The van der Waals surface area contributed by atoms with Gasteiger partial charge in [-0.2, -0.15) is 0 Å². The van der Waals surface area contributed by atoms with E-state index in [1.54, 1.807) is 19.1 Å². The topological polar surface area (TPSA) is 69.4 Å². The quantitative estimate of drug-likeness (QED) is 0.845. The van der Waals surface area contributed by atoms with E-state index in [4.69, 9.17) is 10.5 Å². The van der Waals surface area contributed by atoms with E-state index in [-0.39, 0.29) is 0 Å². The predicted octanol–water partition coefficient (Wildman–Crippen LogP) is 1.40. The molecular formula is C10H10BrNO3. The van der Waals surface area contributed by atoms with Gasteiger partial charge in [-0.3, -0.25) is 4.79 Å². The van der Waals surface area contributed by atoms with Crippen LogP contribution in [0.2, 0.25) is 0 Å². The Morgan fingerprint density at radius 1 is 1.47 bits per heavy atom. The summed E-state index contributed by atoms with van der Waals surface area (Å²) >= 11 is 3.29. The monoisotopic (exact) mass is 271 g/mol. The van der Waals surface area contributed by atoms with Crippen LogP contribution < -0.4 is 5.73 Å². The molecule has 5 heteroatoms. The maximum Gasteiger partial charge on any atom is 0.338 e. The molecule has 0 aliphatic carbocycles. The standard InChI is InChI=1S/C10H10BrNO3/c1-6-7(3-2-4-8(6)11)10(14)15-5-9(12)13/h2-4H,5H2,1H3,(H2,12,13). The first-order valence-corrected chi connectivity index (χ1v) is 5.02. The largest absolute Gasteiger partial charge is 0.452 e. The first kappa shape index (κ1) is 11.7. The fourth-order valence-electron chi connectivity index (χ4n) is 1.04. The van der Waals surface area contributed by atoms with Crippen molar-refractivity contribution in [2.24, 2.45) is 5.73 Å². The van der Waals surface area contributed by atoms with E-state index in [9.17, 15) is 9.59 Å². The SMILES string of the molecule is Cc1c(Br)cccc1C(=O)OCC(N)=O. The van der Waals surface area contributed by atoms with Crippen molar-refractivity contribution in [3.8, 4) is 0 Å². The molecule has 0 aliphatic rings. The van der Waals surface area contributed by atoms with Gasteiger partial charge in [0.05, 0.1) is 5.56 Å². The summed E-state index contributed by atoms with van der Waals surface area (Å²) in [4.78, 5) is 21.9. The molecule has 0 heterocycles. The summed E-state index contributed by atoms with van der Waals surface area (Å²) in [6, 6.07) is 5.17. The molecule has 1 aromatic carbocycles. The normalized spacial score (nSPS) is 9.73. The van der Waals surface area contributed by atoms with Crippen LogP contribution in [0.1, 0.15) is 15.9 Å². The number of amides is 1. The maximum absolute atomic E-state index is 11.5. The Balaban J connectivity index is 2.82. The van der Waals surface area contributed by atoms with Gasteiger partial charge in [-0.1, -0.05) is 22.0 Å². The van der Waals surface area contributed by atoms with Gasteiger partial charge in [0.15, 0.2) is 6.61 Å². The third kappa shape index (κ3) is 3.06. The maximum atomic E-state index is 11.5. The van der Waals surface area contributed by atoms with Gasteiger partial charge in [0.2, 0.25) is 0 Å². The Morgan fingerprint density at radius 2 is 2.13 bits per heavy atom. The molecule has 4 nitrogen and oxygen atoms in total. The van der Waals surface area contributed by atoms with E-state index in [0.29, 0.717) is 5.56 Å². The van der Waals surface area contributed by atoms with Crippen molar-refractivity contribution in [3.63, 3.8) is 0 Å². The molecule has 0 radical (unpaired) electrons. The summed E-state index contributed by atoms with van der Waals surface area (Å²) in [5, 5.41) is 0. The summed E-state index contributed by atoms with van der Waals surface area (Å²) in [5.41, 5.74) is 6.05. The summed E-state index contributed by atoms with van der Waals surface area (Å²) < 4.78 is 5.51. The van der Waals surface area contributed by atoms with Gasteiger partial charge in [0.25, 0.3) is 5.91 Å². The van der Waals surface area contributed by atoms with Crippen molar-refractivity contribution >= 4 is 27.8 Å². The van der Waals surface area contributed by atoms with Crippen LogP contribution in [0.3, 0.4) is 0 Å². The molecule has 0 atom stereocenters. The molecular weight excluding hydrogens is 262 g/mol. The van der Waals surface area contributed by atoms with Gasteiger partial charge in [0, 0.05) is 4.47 Å². The number of hydrogen-bond acceptors (Lipinski definition) is 3. The third-order valence-electron chi connectivity index (χ3n) is 1.83. The van der Waals surface area contributed by atoms with Crippen LogP contribution in [-0.4, -0.2) is 18.5 Å². The molecule has 0 saturated carbocycles. The van der Waals surface area contributed by atoms with E-state index >= 15 is 0 Å². The number of ether oxygens (including phenoxy) is 1. The second-order valence-corrected chi connectivity index (χ2v) is 3.81. The zero-order valence-corrected chi connectivity index (χ0v) is 9.71. The number of rotatable bonds is 3. The lowest BCUT2D eigenvalue weighted by atomic mass is 10.1. The predicted molar refractivity (Wildman–Crippen MR) is 58.4 cm³/mol. The van der Waals surface area contributed by atoms with Gasteiger partial charge >= 0.3 is 5.97 Å². The van der Waals surface area contributed by atoms with Gasteiger partial charge < -0.3 is 10.5 Å². The lowest BCUT2D eigenvalue weighted by Gasteiger charge is -2.06. The second-order valence-electron chi connectivity index (χ2n) is 2.95. The number of halogens is 1. The molecule has 80 valence electrons. The van der Waals surface area contributed by atoms with E-state index in [1.807, 2.05) is 6.07 Å². The Labute approximate surface area is 95.5 Å². The van der Waals surface area contributed by atoms with Crippen molar-refractivity contribution in [1.82, 2.24) is 0 Å². The Morgan fingerprint density at radius 3 is 2.73 bits per heavy atom. The molecule has 0 saturated heterocycles. The van der Waals surface area contributed by atoms with Crippen molar-refractivity contribution in [2.45, 2.75) is 6.92 Å². The van der Waals surface area contributed by atoms with Crippen LogP contribution in [0, 0.1) is 6.92 Å². The first-order chi connectivity index (χ1) is 7.02. The summed E-state index contributed by atoms with van der Waals surface area (Å²) in [7, 11) is 0. The zero-order valence-electron chi connectivity index (χ0n) is 8.12. The first-order valence-electron chi connectivity index (χ1n) is 4.23. The Hall–Kier alpha value is -1.36. The second kappa shape index (κ2) is 4.93. The number of nitrogens with two attached hydrogens (primary N) is 1. The molecule has 1 aromatic rings. The molecule has 0 aromatic heterocycles. The van der Waals surface area contributed by atoms with Gasteiger partial charge in [-0.25, -0.2) is 4.79 Å². The Kier molecular flexibility index (Phi) is 3.85. The summed E-state index contributed by atoms with van der Waals surface area (Å²) in [6.07, 6.45) is 0. The average molecular weight is 272 g/mol. The molecule has 1 amide bonds. The number of hydrogen-bond donors (Lipinski definition) is 1. The molecule has 1 rings (SSSR count). The zero-order chi connectivity index (χ0) is 11.4. The van der Waals surface area contributed by atoms with E-state index < -0.39 is 18.5 Å². The molecule has 2 N–H and O–H groups in total. The molecule has 0 fully saturated rings. The van der Waals surface area contributed by atoms with Crippen LogP contribution in [-0.2, 0) is 9.53 Å². The average Bonchev–Trinajstić information content (AvgIpc) is 2.18. The van der Waals surface area contributed by atoms with E-state index in [1.165, 1.54) is 0 Å². The minimum atomic E-state index is -0.670. The van der Waals surface area contributed by atoms with Crippen LogP contribution in [0.4, 0.5) is 0 Å². The lowest BCUT2D eigenvalue weighted by Crippen LogP contribution is -2.21. The molecule has 0 unspecified atom stereocenters. The highest BCUT2D eigenvalue weighted by molar-refractivity contribution is 9.10. The number of carbonyl (C=O) groups excluding carboxylic acids is 2. The minimum Gasteiger partial charge on any atom is -0.452 e. The smallest absolute Gasteiger partial charge is 0.338 e. The summed E-state index contributed by atoms with van der Waals surface area (Å²) in [5.74, 6) is -1.22. The lowest BCUT2D eigenvalue weighted by molar-refractivity contribution is -0.121. The van der Waals surface area contributed by atoms with Crippen LogP contribution in [0.5, 0.6) is 0 Å². The van der Waals surface area contributed by atoms with Crippen molar-refractivity contribution in [3.05, 3.63) is 33.8 Å². The highest BCUT2D eigenvalue weighted by atomic mass is 79.9. The van der Waals surface area contributed by atoms with E-state index in [0.717, 1.165) is 10.0 Å². The van der Waals surface area contributed by atoms with Crippen LogP contribution >= 0.6 is 15.9 Å². The Bertz CT molecular complexity index is 404.